The molecule has 1 aromatic carbocycles. The van der Waals surface area contributed by atoms with Gasteiger partial charge in [-0.2, -0.15) is 5.10 Å². The van der Waals surface area contributed by atoms with Crippen LogP contribution < -0.4 is 10.2 Å². The number of hydrogen-bond acceptors (Lipinski definition) is 5. The molecule has 3 heterocycles. The van der Waals surface area contributed by atoms with E-state index in [4.69, 9.17) is 11.6 Å². The zero-order chi connectivity index (χ0) is 21.3. The molecule has 1 saturated heterocycles. The monoisotopic (exact) mass is 426 g/mol. The number of nitrogens with one attached hydrogen (secondary N) is 1. The zero-order valence-electron chi connectivity index (χ0n) is 16.9. The van der Waals surface area contributed by atoms with Crippen LogP contribution in [0.5, 0.6) is 0 Å². The Morgan fingerprint density at radius 1 is 1.10 bits per heavy atom. The molecule has 156 valence electrons. The first-order chi connectivity index (χ1) is 14.4. The fourth-order valence-electron chi connectivity index (χ4n) is 3.66. The predicted molar refractivity (Wildman–Crippen MR) is 115 cm³/mol. The topological polar surface area (TPSA) is 82.8 Å². The molecule has 0 radical (unpaired) electrons. The first-order valence-electron chi connectivity index (χ1n) is 9.81. The number of halogens is 1. The van der Waals surface area contributed by atoms with E-state index in [1.54, 1.807) is 9.42 Å². The average Bonchev–Trinajstić information content (AvgIpc) is 3.17. The first kappa shape index (κ1) is 20.2. The summed E-state index contributed by atoms with van der Waals surface area (Å²) in [5.41, 5.74) is 3.65. The summed E-state index contributed by atoms with van der Waals surface area (Å²) in [6.45, 7) is 6.40. The van der Waals surface area contributed by atoms with Gasteiger partial charge in [-0.25, -0.2) is 9.50 Å². The minimum atomic E-state index is -0.351. The number of carbonyl (C=O) groups is 2. The van der Waals surface area contributed by atoms with Gasteiger partial charge in [0.2, 0.25) is 5.91 Å². The second-order valence-corrected chi connectivity index (χ2v) is 7.80. The van der Waals surface area contributed by atoms with Crippen molar-refractivity contribution >= 4 is 34.7 Å². The van der Waals surface area contributed by atoms with Crippen LogP contribution in [0.15, 0.2) is 36.5 Å². The molecule has 1 fully saturated rings. The largest absolute Gasteiger partial charge is 0.368 e. The maximum atomic E-state index is 12.6. The van der Waals surface area contributed by atoms with Gasteiger partial charge in [-0.3, -0.25) is 9.59 Å². The normalized spacial score (nSPS) is 14.2. The quantitative estimate of drug-likeness (QED) is 0.690. The summed E-state index contributed by atoms with van der Waals surface area (Å²) in [7, 11) is 0. The minimum Gasteiger partial charge on any atom is -0.368 e. The Morgan fingerprint density at radius 3 is 2.50 bits per heavy atom. The molecule has 0 unspecified atom stereocenters. The van der Waals surface area contributed by atoms with Gasteiger partial charge in [0.1, 0.15) is 5.56 Å². The standard InChI is InChI=1S/C21H23ClN6O2/c1-14-11-15(2)28-20(25-14)18(12-24-28)21(30)23-13-19(29)27-9-7-26(8-10-27)17-5-3-16(22)4-6-17/h3-6,11-12H,7-10,13H2,1-2H3,(H,23,30). The van der Waals surface area contributed by atoms with Gasteiger partial charge in [0.05, 0.1) is 12.7 Å². The zero-order valence-corrected chi connectivity index (χ0v) is 17.7. The molecule has 9 heteroatoms. The van der Waals surface area contributed by atoms with Crippen molar-refractivity contribution < 1.29 is 9.59 Å². The number of rotatable bonds is 4. The van der Waals surface area contributed by atoms with Crippen LogP contribution in [0, 0.1) is 13.8 Å². The molecule has 0 spiro atoms. The van der Waals surface area contributed by atoms with E-state index in [0.717, 1.165) is 30.2 Å². The van der Waals surface area contributed by atoms with Crippen LogP contribution in [0.2, 0.25) is 5.02 Å². The molecule has 3 aromatic rings. The van der Waals surface area contributed by atoms with Crippen LogP contribution in [0.3, 0.4) is 0 Å². The predicted octanol–water partition coefficient (Wildman–Crippen LogP) is 2.08. The highest BCUT2D eigenvalue weighted by atomic mass is 35.5. The molecule has 1 aliphatic heterocycles. The molecular formula is C21H23ClN6O2. The molecule has 0 bridgehead atoms. The number of fused-ring (bicyclic) bond motifs is 1. The van der Waals surface area contributed by atoms with Crippen LogP contribution in [0.25, 0.3) is 5.65 Å². The summed E-state index contributed by atoms with van der Waals surface area (Å²) in [5.74, 6) is -0.452. The fraction of sp³-hybridized carbons (Fsp3) is 0.333. The maximum absolute atomic E-state index is 12.6. The molecule has 4 rings (SSSR count). The summed E-state index contributed by atoms with van der Waals surface area (Å²) < 4.78 is 1.62. The van der Waals surface area contributed by atoms with Gasteiger partial charge in [0.15, 0.2) is 5.65 Å². The van der Waals surface area contributed by atoms with Crippen molar-refractivity contribution in [2.45, 2.75) is 13.8 Å². The third kappa shape index (κ3) is 4.09. The van der Waals surface area contributed by atoms with Crippen molar-refractivity contribution in [1.29, 1.82) is 0 Å². The average molecular weight is 427 g/mol. The number of piperazine rings is 1. The Morgan fingerprint density at radius 2 is 1.80 bits per heavy atom. The fourth-order valence-corrected chi connectivity index (χ4v) is 3.79. The van der Waals surface area contributed by atoms with Crippen molar-refractivity contribution in [1.82, 2.24) is 24.8 Å². The van der Waals surface area contributed by atoms with Gasteiger partial charge < -0.3 is 15.1 Å². The molecule has 30 heavy (non-hydrogen) atoms. The summed E-state index contributed by atoms with van der Waals surface area (Å²) in [6, 6.07) is 9.58. The van der Waals surface area contributed by atoms with Gasteiger partial charge in [0, 0.05) is 48.3 Å². The van der Waals surface area contributed by atoms with Gasteiger partial charge in [0.25, 0.3) is 5.91 Å². The summed E-state index contributed by atoms with van der Waals surface area (Å²) in [5, 5.41) is 7.64. The molecule has 8 nitrogen and oxygen atoms in total. The van der Waals surface area contributed by atoms with E-state index in [1.165, 1.54) is 6.20 Å². The van der Waals surface area contributed by atoms with Crippen molar-refractivity contribution in [3.63, 3.8) is 0 Å². The lowest BCUT2D eigenvalue weighted by molar-refractivity contribution is -0.130. The molecule has 1 aliphatic rings. The molecule has 2 amide bonds. The Hall–Kier alpha value is -3.13. The van der Waals surface area contributed by atoms with Crippen molar-refractivity contribution in [2.75, 3.05) is 37.6 Å². The number of aryl methyl sites for hydroxylation is 2. The number of hydrogen-bond donors (Lipinski definition) is 1. The first-order valence-corrected chi connectivity index (χ1v) is 10.2. The minimum absolute atomic E-state index is 0.0537. The van der Waals surface area contributed by atoms with Gasteiger partial charge in [-0.1, -0.05) is 11.6 Å². The number of anilines is 1. The Balaban J connectivity index is 1.33. The van der Waals surface area contributed by atoms with E-state index in [1.807, 2.05) is 44.2 Å². The van der Waals surface area contributed by atoms with Crippen molar-refractivity contribution in [3.8, 4) is 0 Å². The van der Waals surface area contributed by atoms with Crippen LogP contribution in [0.1, 0.15) is 21.7 Å². The second kappa shape index (κ2) is 8.31. The van der Waals surface area contributed by atoms with Crippen LogP contribution in [-0.2, 0) is 4.79 Å². The van der Waals surface area contributed by atoms with E-state index in [9.17, 15) is 9.59 Å². The lowest BCUT2D eigenvalue weighted by Crippen LogP contribution is -2.51. The number of amides is 2. The third-order valence-corrected chi connectivity index (χ3v) is 5.50. The Kier molecular flexibility index (Phi) is 5.59. The third-order valence-electron chi connectivity index (χ3n) is 5.25. The molecule has 0 aliphatic carbocycles. The lowest BCUT2D eigenvalue weighted by atomic mass is 10.2. The molecule has 0 saturated carbocycles. The summed E-state index contributed by atoms with van der Waals surface area (Å²) in [4.78, 5) is 33.6. The molecule has 1 N–H and O–H groups in total. The second-order valence-electron chi connectivity index (χ2n) is 7.36. The number of benzene rings is 1. The van der Waals surface area contributed by atoms with Crippen LogP contribution in [-0.4, -0.2) is 64.0 Å². The summed E-state index contributed by atoms with van der Waals surface area (Å²) >= 11 is 5.95. The Bertz CT molecular complexity index is 1090. The highest BCUT2D eigenvalue weighted by Gasteiger charge is 2.22. The van der Waals surface area contributed by atoms with Crippen molar-refractivity contribution in [2.24, 2.45) is 0 Å². The number of nitrogens with zero attached hydrogens (tertiary/aromatic N) is 5. The maximum Gasteiger partial charge on any atom is 0.257 e. The van der Waals surface area contributed by atoms with Gasteiger partial charge in [-0.05, 0) is 44.2 Å². The lowest BCUT2D eigenvalue weighted by Gasteiger charge is -2.36. The van der Waals surface area contributed by atoms with E-state index < -0.39 is 0 Å². The summed E-state index contributed by atoms with van der Waals surface area (Å²) in [6.07, 6.45) is 1.49. The van der Waals surface area contributed by atoms with Gasteiger partial charge >= 0.3 is 0 Å². The smallest absolute Gasteiger partial charge is 0.257 e. The number of aromatic nitrogens is 3. The highest BCUT2D eigenvalue weighted by molar-refractivity contribution is 6.30. The van der Waals surface area contributed by atoms with Crippen molar-refractivity contribution in [3.05, 3.63) is 58.5 Å². The SMILES string of the molecule is Cc1cc(C)n2ncc(C(=O)NCC(=O)N3CCN(c4ccc(Cl)cc4)CC3)c2n1. The van der Waals surface area contributed by atoms with E-state index in [0.29, 0.717) is 29.3 Å². The Labute approximate surface area is 179 Å². The van der Waals surface area contributed by atoms with Gasteiger partial charge in [-0.15, -0.1) is 0 Å². The van der Waals surface area contributed by atoms with E-state index in [-0.39, 0.29) is 18.4 Å². The van der Waals surface area contributed by atoms with E-state index >= 15 is 0 Å². The number of carbonyl (C=O) groups excluding carboxylic acids is 2. The van der Waals surface area contributed by atoms with E-state index in [2.05, 4.69) is 20.3 Å². The highest BCUT2D eigenvalue weighted by Crippen LogP contribution is 2.19. The van der Waals surface area contributed by atoms with Crippen LogP contribution >= 0.6 is 11.6 Å². The van der Waals surface area contributed by atoms with Crippen LogP contribution in [0.4, 0.5) is 5.69 Å². The molecule has 2 aromatic heterocycles. The molecular weight excluding hydrogens is 404 g/mol. The molecule has 0 atom stereocenters.